The SMILES string of the molecule is CCOC(=O)C1=C(OCC)Nc2ncnn2C1c1ccc(N(C)C)cc1. The number of ether oxygens (including phenoxy) is 2. The Kier molecular flexibility index (Phi) is 5.11. The Labute approximate surface area is 152 Å². The van der Waals surface area contributed by atoms with Crippen molar-refractivity contribution in [2.24, 2.45) is 0 Å². The Morgan fingerprint density at radius 1 is 1.23 bits per heavy atom. The summed E-state index contributed by atoms with van der Waals surface area (Å²) >= 11 is 0. The highest BCUT2D eigenvalue weighted by Crippen LogP contribution is 2.36. The van der Waals surface area contributed by atoms with Gasteiger partial charge in [-0.05, 0) is 31.5 Å². The fraction of sp³-hybridized carbons (Fsp3) is 0.389. The van der Waals surface area contributed by atoms with Gasteiger partial charge in [-0.2, -0.15) is 10.1 Å². The number of rotatable bonds is 6. The minimum absolute atomic E-state index is 0.276. The summed E-state index contributed by atoms with van der Waals surface area (Å²) in [5, 5.41) is 7.33. The first-order valence-corrected chi connectivity index (χ1v) is 8.54. The second kappa shape index (κ2) is 7.47. The quantitative estimate of drug-likeness (QED) is 0.794. The smallest absolute Gasteiger partial charge is 0.342 e. The van der Waals surface area contributed by atoms with Gasteiger partial charge in [0.2, 0.25) is 11.8 Å². The summed E-state index contributed by atoms with van der Waals surface area (Å²) in [7, 11) is 3.96. The van der Waals surface area contributed by atoms with Crippen LogP contribution in [0.2, 0.25) is 0 Å². The summed E-state index contributed by atoms with van der Waals surface area (Å²) in [4.78, 5) is 18.9. The molecule has 1 aromatic carbocycles. The zero-order valence-electron chi connectivity index (χ0n) is 15.4. The number of hydrogen-bond donors (Lipinski definition) is 1. The Hall–Kier alpha value is -3.03. The van der Waals surface area contributed by atoms with E-state index in [0.717, 1.165) is 11.3 Å². The van der Waals surface area contributed by atoms with Crippen molar-refractivity contribution in [2.75, 3.05) is 37.5 Å². The number of anilines is 2. The highest BCUT2D eigenvalue weighted by atomic mass is 16.5. The molecule has 0 aliphatic carbocycles. The Morgan fingerprint density at radius 3 is 2.58 bits per heavy atom. The van der Waals surface area contributed by atoms with Crippen molar-refractivity contribution < 1.29 is 14.3 Å². The van der Waals surface area contributed by atoms with E-state index in [1.54, 1.807) is 11.6 Å². The number of esters is 1. The molecule has 1 aliphatic rings. The fourth-order valence-corrected chi connectivity index (χ4v) is 2.88. The number of aromatic nitrogens is 3. The topological polar surface area (TPSA) is 81.5 Å². The molecule has 26 heavy (non-hydrogen) atoms. The standard InChI is InChI=1S/C18H23N5O3/c1-5-25-16-14(17(24)26-6-2)15(23-18(21-16)19-11-20-23)12-7-9-13(10-8-12)22(3)4/h7-11,15H,5-6H2,1-4H3,(H,19,20,21). The molecule has 8 heteroatoms. The van der Waals surface area contributed by atoms with Crippen molar-refractivity contribution in [3.05, 3.63) is 47.6 Å². The average molecular weight is 357 g/mol. The van der Waals surface area contributed by atoms with Gasteiger partial charge in [0, 0.05) is 19.8 Å². The van der Waals surface area contributed by atoms with E-state index in [0.29, 0.717) is 24.0 Å². The Morgan fingerprint density at radius 2 is 1.96 bits per heavy atom. The zero-order valence-corrected chi connectivity index (χ0v) is 15.4. The van der Waals surface area contributed by atoms with Crippen LogP contribution in [0.1, 0.15) is 25.5 Å². The fourth-order valence-electron chi connectivity index (χ4n) is 2.88. The molecule has 0 spiro atoms. The summed E-state index contributed by atoms with van der Waals surface area (Å²) in [6.45, 7) is 4.32. The molecule has 0 saturated heterocycles. The summed E-state index contributed by atoms with van der Waals surface area (Å²) in [6, 6.07) is 7.46. The first-order valence-electron chi connectivity index (χ1n) is 8.54. The van der Waals surface area contributed by atoms with Crippen LogP contribution in [-0.2, 0) is 14.3 Å². The second-order valence-corrected chi connectivity index (χ2v) is 5.94. The van der Waals surface area contributed by atoms with E-state index in [1.807, 2.05) is 50.2 Å². The van der Waals surface area contributed by atoms with E-state index in [-0.39, 0.29) is 6.61 Å². The van der Waals surface area contributed by atoms with Crippen molar-refractivity contribution >= 4 is 17.6 Å². The van der Waals surface area contributed by atoms with E-state index >= 15 is 0 Å². The van der Waals surface area contributed by atoms with Gasteiger partial charge in [0.15, 0.2) is 0 Å². The number of benzene rings is 1. The molecule has 0 fully saturated rings. The first kappa shape index (κ1) is 17.8. The maximum Gasteiger partial charge on any atom is 0.342 e. The molecule has 0 radical (unpaired) electrons. The van der Waals surface area contributed by atoms with E-state index < -0.39 is 12.0 Å². The van der Waals surface area contributed by atoms with E-state index in [1.165, 1.54) is 6.33 Å². The van der Waals surface area contributed by atoms with Crippen LogP contribution in [0.25, 0.3) is 0 Å². The van der Waals surface area contributed by atoms with Crippen molar-refractivity contribution in [3.63, 3.8) is 0 Å². The van der Waals surface area contributed by atoms with Crippen molar-refractivity contribution in [2.45, 2.75) is 19.9 Å². The van der Waals surface area contributed by atoms with Gasteiger partial charge >= 0.3 is 5.97 Å². The number of nitrogens with one attached hydrogen (secondary N) is 1. The van der Waals surface area contributed by atoms with Gasteiger partial charge in [-0.3, -0.25) is 5.32 Å². The number of carbonyl (C=O) groups is 1. The van der Waals surface area contributed by atoms with Gasteiger partial charge in [-0.25, -0.2) is 9.48 Å². The van der Waals surface area contributed by atoms with Crippen LogP contribution in [-0.4, -0.2) is 48.0 Å². The lowest BCUT2D eigenvalue weighted by atomic mass is 9.97. The van der Waals surface area contributed by atoms with Crippen molar-refractivity contribution in [3.8, 4) is 0 Å². The van der Waals surface area contributed by atoms with Crippen molar-refractivity contribution in [1.82, 2.24) is 14.8 Å². The molecular formula is C18H23N5O3. The van der Waals surface area contributed by atoms with Crippen LogP contribution < -0.4 is 10.2 Å². The molecule has 3 rings (SSSR count). The summed E-state index contributed by atoms with van der Waals surface area (Å²) < 4.78 is 12.6. The Bertz CT molecular complexity index is 810. The number of carbonyl (C=O) groups excluding carboxylic acids is 1. The third-order valence-electron chi connectivity index (χ3n) is 4.07. The lowest BCUT2D eigenvalue weighted by Gasteiger charge is -2.29. The van der Waals surface area contributed by atoms with Crippen LogP contribution in [0.3, 0.4) is 0 Å². The number of nitrogens with zero attached hydrogens (tertiary/aromatic N) is 4. The van der Waals surface area contributed by atoms with Crippen molar-refractivity contribution in [1.29, 1.82) is 0 Å². The minimum atomic E-state index is -0.481. The molecule has 1 aliphatic heterocycles. The monoisotopic (exact) mass is 357 g/mol. The number of hydrogen-bond acceptors (Lipinski definition) is 7. The van der Waals surface area contributed by atoms with Gasteiger partial charge in [0.1, 0.15) is 17.9 Å². The molecule has 1 N–H and O–H groups in total. The predicted octanol–water partition coefficient (Wildman–Crippen LogP) is 2.17. The molecule has 2 aromatic rings. The third kappa shape index (κ3) is 3.22. The van der Waals surface area contributed by atoms with Crippen LogP contribution in [0, 0.1) is 0 Å². The molecule has 1 unspecified atom stereocenters. The highest BCUT2D eigenvalue weighted by molar-refractivity contribution is 5.92. The minimum Gasteiger partial charge on any atom is -0.479 e. The molecule has 138 valence electrons. The molecule has 1 atom stereocenters. The van der Waals surface area contributed by atoms with E-state index in [4.69, 9.17) is 9.47 Å². The zero-order chi connectivity index (χ0) is 18.7. The van der Waals surface area contributed by atoms with E-state index in [9.17, 15) is 4.79 Å². The molecule has 0 saturated carbocycles. The van der Waals surface area contributed by atoms with Crippen LogP contribution >= 0.6 is 0 Å². The average Bonchev–Trinajstić information content (AvgIpc) is 3.09. The lowest BCUT2D eigenvalue weighted by Crippen LogP contribution is -2.31. The molecule has 1 aromatic heterocycles. The molecule has 8 nitrogen and oxygen atoms in total. The molecule has 0 amide bonds. The van der Waals surface area contributed by atoms with E-state index in [2.05, 4.69) is 15.4 Å². The van der Waals surface area contributed by atoms with Gasteiger partial charge in [-0.1, -0.05) is 12.1 Å². The van der Waals surface area contributed by atoms with Crippen LogP contribution in [0.4, 0.5) is 11.6 Å². The normalized spacial score (nSPS) is 15.9. The van der Waals surface area contributed by atoms with Gasteiger partial charge in [-0.15, -0.1) is 0 Å². The highest BCUT2D eigenvalue weighted by Gasteiger charge is 2.36. The first-order chi connectivity index (χ1) is 12.6. The summed E-state index contributed by atoms with van der Waals surface area (Å²) in [5.74, 6) is 0.433. The van der Waals surface area contributed by atoms with Gasteiger partial charge in [0.25, 0.3) is 0 Å². The largest absolute Gasteiger partial charge is 0.479 e. The molecular weight excluding hydrogens is 334 g/mol. The summed E-state index contributed by atoms with van der Waals surface area (Å²) in [6.07, 6.45) is 1.45. The molecule has 0 bridgehead atoms. The lowest BCUT2D eigenvalue weighted by molar-refractivity contribution is -0.139. The second-order valence-electron chi connectivity index (χ2n) is 5.94. The molecule has 2 heterocycles. The Balaban J connectivity index is 2.12. The number of fused-ring (bicyclic) bond motifs is 1. The van der Waals surface area contributed by atoms with Gasteiger partial charge < -0.3 is 14.4 Å². The predicted molar refractivity (Wildman–Crippen MR) is 97.8 cm³/mol. The maximum atomic E-state index is 12.7. The van der Waals surface area contributed by atoms with Crippen LogP contribution in [0.15, 0.2) is 42.0 Å². The maximum absolute atomic E-state index is 12.7. The van der Waals surface area contributed by atoms with Gasteiger partial charge in [0.05, 0.1) is 13.2 Å². The summed E-state index contributed by atoms with van der Waals surface area (Å²) in [5.41, 5.74) is 2.33. The third-order valence-corrected chi connectivity index (χ3v) is 4.07. The van der Waals surface area contributed by atoms with Crippen LogP contribution in [0.5, 0.6) is 0 Å².